The topological polar surface area (TPSA) is 17.1 Å². The number of carbonyl (C=O) groups excluding carboxylic acids is 1. The Morgan fingerprint density at radius 2 is 2.30 bits per heavy atom. The lowest BCUT2D eigenvalue weighted by molar-refractivity contribution is -0.106. The van der Waals surface area contributed by atoms with Crippen LogP contribution in [0.1, 0.15) is 19.8 Å². The smallest absolute Gasteiger partial charge is 0.116 e. The lowest BCUT2D eigenvalue weighted by Gasteiger charge is -1.96. The minimum Gasteiger partial charge on any atom is -0.304 e. The van der Waals surface area contributed by atoms with Gasteiger partial charge in [0.2, 0.25) is 0 Å². The summed E-state index contributed by atoms with van der Waals surface area (Å²) in [5.41, 5.74) is 0. The van der Waals surface area contributed by atoms with Gasteiger partial charge in [-0.15, -0.1) is 0 Å². The summed E-state index contributed by atoms with van der Waals surface area (Å²) in [4.78, 5) is 8.81. The monoisotopic (exact) mass is 202 g/mol. The van der Waals surface area contributed by atoms with Crippen molar-refractivity contribution < 1.29 is 4.79 Å². The van der Waals surface area contributed by atoms with Crippen molar-refractivity contribution in [3.8, 4) is 0 Å². The van der Waals surface area contributed by atoms with Crippen LogP contribution in [0, 0.1) is 0 Å². The molecule has 1 nitrogen and oxygen atoms in total. The van der Waals surface area contributed by atoms with E-state index in [9.17, 15) is 0 Å². The second-order valence-corrected chi connectivity index (χ2v) is 2.83. The van der Waals surface area contributed by atoms with E-state index in [0.29, 0.717) is 0 Å². The molecule has 1 aliphatic rings. The first kappa shape index (κ1) is 9.63. The summed E-state index contributed by atoms with van der Waals surface area (Å²) in [5, 5.41) is 0. The van der Waals surface area contributed by atoms with Crippen molar-refractivity contribution in [2.45, 2.75) is 19.8 Å². The highest BCUT2D eigenvalue weighted by Gasteiger charge is 1.90. The number of hydrogen-bond acceptors (Lipinski definition) is 1. The van der Waals surface area contributed by atoms with E-state index in [1.165, 1.54) is 24.2 Å². The quantitative estimate of drug-likeness (QED) is 0.553. The van der Waals surface area contributed by atoms with Crippen LogP contribution >= 0.6 is 15.9 Å². The van der Waals surface area contributed by atoms with Gasteiger partial charge in [0.1, 0.15) is 6.29 Å². The highest BCUT2D eigenvalue weighted by Crippen LogP contribution is 2.16. The first-order chi connectivity index (χ1) is 4.81. The van der Waals surface area contributed by atoms with Gasteiger partial charge in [-0.1, -0.05) is 34.2 Å². The Balaban J connectivity index is 0.000000236. The molecule has 0 spiro atoms. The molecule has 0 bridgehead atoms. The first-order valence-electron chi connectivity index (χ1n) is 3.22. The third kappa shape index (κ3) is 5.76. The molecule has 0 N–H and O–H groups in total. The van der Waals surface area contributed by atoms with Gasteiger partial charge < -0.3 is 4.79 Å². The van der Waals surface area contributed by atoms with E-state index >= 15 is 0 Å². The number of hydrogen-bond donors (Lipinski definition) is 0. The van der Waals surface area contributed by atoms with Crippen molar-refractivity contribution >= 4 is 22.2 Å². The molecule has 0 unspecified atom stereocenters. The van der Waals surface area contributed by atoms with E-state index < -0.39 is 0 Å². The molecule has 0 saturated heterocycles. The van der Waals surface area contributed by atoms with Gasteiger partial charge in [0.15, 0.2) is 0 Å². The zero-order chi connectivity index (χ0) is 7.82. The van der Waals surface area contributed by atoms with Crippen LogP contribution in [-0.2, 0) is 4.79 Å². The summed E-state index contributed by atoms with van der Waals surface area (Å²) < 4.78 is 1.31. The van der Waals surface area contributed by atoms with Gasteiger partial charge in [0.25, 0.3) is 0 Å². The van der Waals surface area contributed by atoms with Crippen LogP contribution in [0.5, 0.6) is 0 Å². The fraction of sp³-hybridized carbons (Fsp3) is 0.375. The van der Waals surface area contributed by atoms with Crippen molar-refractivity contribution in [2.75, 3.05) is 0 Å². The molecule has 0 aliphatic heterocycles. The zero-order valence-electron chi connectivity index (χ0n) is 6.01. The zero-order valence-corrected chi connectivity index (χ0v) is 7.60. The van der Waals surface area contributed by atoms with Crippen LogP contribution < -0.4 is 0 Å². The molecule has 0 amide bonds. The number of carbonyl (C=O) groups is 1. The van der Waals surface area contributed by atoms with Crippen molar-refractivity contribution in [3.05, 3.63) is 22.7 Å². The fourth-order valence-electron chi connectivity index (χ4n) is 0.573. The standard InChI is InChI=1S/C6H7Br.C2H4O/c7-6-4-2-1-3-5-6;1-2-3/h1-2,4H,3,5H2;2H,1H3. The third-order valence-corrected chi connectivity index (χ3v) is 1.62. The summed E-state index contributed by atoms with van der Waals surface area (Å²) in [6.07, 6.45) is 9.45. The summed E-state index contributed by atoms with van der Waals surface area (Å²) in [5.74, 6) is 0. The van der Waals surface area contributed by atoms with Gasteiger partial charge in [-0.25, -0.2) is 0 Å². The number of rotatable bonds is 0. The molecular formula is C8H11BrO. The van der Waals surface area contributed by atoms with Crippen LogP contribution in [0.4, 0.5) is 0 Å². The van der Waals surface area contributed by atoms with Gasteiger partial charge in [-0.05, 0) is 24.2 Å². The second kappa shape index (κ2) is 6.75. The van der Waals surface area contributed by atoms with Gasteiger partial charge in [0.05, 0.1) is 0 Å². The summed E-state index contributed by atoms with van der Waals surface area (Å²) >= 11 is 3.40. The molecule has 2 heteroatoms. The third-order valence-electron chi connectivity index (χ3n) is 0.963. The maximum atomic E-state index is 8.81. The van der Waals surface area contributed by atoms with Gasteiger partial charge in [-0.3, -0.25) is 0 Å². The van der Waals surface area contributed by atoms with E-state index in [1.807, 2.05) is 0 Å². The number of aldehydes is 1. The van der Waals surface area contributed by atoms with E-state index in [2.05, 4.69) is 34.2 Å². The Kier molecular flexibility index (Phi) is 6.50. The van der Waals surface area contributed by atoms with E-state index in [0.717, 1.165) is 6.29 Å². The lowest BCUT2D eigenvalue weighted by atomic mass is 10.2. The van der Waals surface area contributed by atoms with E-state index in [4.69, 9.17) is 4.79 Å². The molecule has 0 atom stereocenters. The molecule has 0 aromatic rings. The predicted molar refractivity (Wildman–Crippen MR) is 47.1 cm³/mol. The maximum Gasteiger partial charge on any atom is 0.116 e. The average Bonchev–Trinajstić information content (AvgIpc) is 1.91. The molecule has 56 valence electrons. The Morgan fingerprint density at radius 1 is 1.70 bits per heavy atom. The number of allylic oxidation sites excluding steroid dienone is 4. The Bertz CT molecular complexity index is 147. The largest absolute Gasteiger partial charge is 0.304 e. The number of halogens is 1. The van der Waals surface area contributed by atoms with Crippen LogP contribution in [-0.4, -0.2) is 6.29 Å². The SMILES string of the molecule is BrC1=CC=CCC1.CC=O. The maximum absolute atomic E-state index is 8.81. The fourth-order valence-corrected chi connectivity index (χ4v) is 0.955. The molecule has 0 saturated carbocycles. The van der Waals surface area contributed by atoms with Crippen molar-refractivity contribution in [1.82, 2.24) is 0 Å². The first-order valence-corrected chi connectivity index (χ1v) is 4.01. The van der Waals surface area contributed by atoms with Gasteiger partial charge >= 0.3 is 0 Å². The molecule has 10 heavy (non-hydrogen) atoms. The highest BCUT2D eigenvalue weighted by molar-refractivity contribution is 9.11. The highest BCUT2D eigenvalue weighted by atomic mass is 79.9. The van der Waals surface area contributed by atoms with Crippen molar-refractivity contribution in [2.24, 2.45) is 0 Å². The van der Waals surface area contributed by atoms with Gasteiger partial charge in [0, 0.05) is 0 Å². The molecular weight excluding hydrogens is 192 g/mol. The Morgan fingerprint density at radius 3 is 2.50 bits per heavy atom. The second-order valence-electron chi connectivity index (χ2n) is 1.82. The Hall–Kier alpha value is -0.370. The minimum atomic E-state index is 0.750. The molecule has 0 fully saturated rings. The minimum absolute atomic E-state index is 0.750. The normalized spacial score (nSPS) is 14.8. The molecule has 1 rings (SSSR count). The van der Waals surface area contributed by atoms with E-state index in [1.54, 1.807) is 0 Å². The van der Waals surface area contributed by atoms with E-state index in [-0.39, 0.29) is 0 Å². The van der Waals surface area contributed by atoms with Gasteiger partial charge in [-0.2, -0.15) is 0 Å². The Labute approximate surface area is 69.9 Å². The molecule has 0 aromatic heterocycles. The van der Waals surface area contributed by atoms with Crippen LogP contribution in [0.3, 0.4) is 0 Å². The summed E-state index contributed by atoms with van der Waals surface area (Å²) in [6.45, 7) is 1.44. The summed E-state index contributed by atoms with van der Waals surface area (Å²) in [6, 6.07) is 0. The molecule has 0 radical (unpaired) electrons. The molecule has 0 aromatic carbocycles. The van der Waals surface area contributed by atoms with Crippen molar-refractivity contribution in [1.29, 1.82) is 0 Å². The van der Waals surface area contributed by atoms with Crippen LogP contribution in [0.25, 0.3) is 0 Å². The molecule has 1 aliphatic carbocycles. The lowest BCUT2D eigenvalue weighted by Crippen LogP contribution is -1.75. The summed E-state index contributed by atoms with van der Waals surface area (Å²) in [7, 11) is 0. The molecule has 0 heterocycles. The van der Waals surface area contributed by atoms with Crippen molar-refractivity contribution in [3.63, 3.8) is 0 Å². The van der Waals surface area contributed by atoms with Crippen LogP contribution in [0.15, 0.2) is 22.7 Å². The van der Waals surface area contributed by atoms with Crippen LogP contribution in [0.2, 0.25) is 0 Å². The predicted octanol–water partition coefficient (Wildman–Crippen LogP) is 2.82. The average molecular weight is 203 g/mol.